The summed E-state index contributed by atoms with van der Waals surface area (Å²) in [6.07, 6.45) is 3.22. The first-order valence-electron chi connectivity index (χ1n) is 11.1. The van der Waals surface area contributed by atoms with Gasteiger partial charge in [-0.15, -0.1) is 0 Å². The smallest absolute Gasteiger partial charge is 0.258 e. The van der Waals surface area contributed by atoms with Crippen molar-refractivity contribution in [1.82, 2.24) is 14.8 Å². The Labute approximate surface area is 176 Å². The van der Waals surface area contributed by atoms with Crippen LogP contribution < -0.4 is 10.9 Å². The predicted molar refractivity (Wildman–Crippen MR) is 115 cm³/mol. The standard InChI is InChI=1S/C24H29N3O3/c1-2-26-20-13-27-19(12-11-17(24(27)30)15-7-4-3-5-8-15)22(26)21(18(20)14-28)23(29)25-16-9-6-10-16/h3-5,7-8,11-12,16,18,20-22,28H,2,6,9-10,13-14H2,1H3,(H,25,29)/t18-,20-,21+,22+/m1/s1. The van der Waals surface area contributed by atoms with Crippen LogP contribution in [0.4, 0.5) is 0 Å². The summed E-state index contributed by atoms with van der Waals surface area (Å²) >= 11 is 0. The molecule has 2 fully saturated rings. The lowest BCUT2D eigenvalue weighted by Crippen LogP contribution is -2.47. The molecule has 3 aliphatic rings. The topological polar surface area (TPSA) is 74.6 Å². The summed E-state index contributed by atoms with van der Waals surface area (Å²) in [6.45, 7) is 3.34. The van der Waals surface area contributed by atoms with Crippen molar-refractivity contribution in [2.24, 2.45) is 11.8 Å². The fourth-order valence-corrected chi connectivity index (χ4v) is 5.64. The van der Waals surface area contributed by atoms with E-state index >= 15 is 0 Å². The summed E-state index contributed by atoms with van der Waals surface area (Å²) in [4.78, 5) is 29.0. The Morgan fingerprint density at radius 1 is 1.17 bits per heavy atom. The van der Waals surface area contributed by atoms with Gasteiger partial charge in [0.1, 0.15) is 0 Å². The number of aromatic nitrogens is 1. The molecule has 2 bridgehead atoms. The zero-order valence-electron chi connectivity index (χ0n) is 17.3. The molecule has 2 aliphatic heterocycles. The second-order valence-electron chi connectivity index (χ2n) is 8.80. The average Bonchev–Trinajstić information content (AvgIpc) is 2.97. The molecule has 6 heteroatoms. The number of fused-ring (bicyclic) bond motifs is 4. The number of hydrogen-bond donors (Lipinski definition) is 2. The summed E-state index contributed by atoms with van der Waals surface area (Å²) < 4.78 is 1.85. The molecule has 1 aromatic carbocycles. The lowest BCUT2D eigenvalue weighted by atomic mass is 9.85. The molecule has 1 saturated carbocycles. The van der Waals surface area contributed by atoms with Crippen LogP contribution in [0.25, 0.3) is 11.1 Å². The number of nitrogens with zero attached hydrogens (tertiary/aromatic N) is 2. The van der Waals surface area contributed by atoms with E-state index in [1.807, 2.05) is 47.0 Å². The third-order valence-corrected chi connectivity index (χ3v) is 7.37. The molecule has 0 spiro atoms. The zero-order chi connectivity index (χ0) is 20.8. The van der Waals surface area contributed by atoms with Gasteiger partial charge in [0.15, 0.2) is 0 Å². The van der Waals surface area contributed by atoms with Crippen molar-refractivity contribution in [1.29, 1.82) is 0 Å². The van der Waals surface area contributed by atoms with Crippen LogP contribution >= 0.6 is 0 Å². The maximum absolute atomic E-state index is 13.4. The summed E-state index contributed by atoms with van der Waals surface area (Å²) in [7, 11) is 0. The van der Waals surface area contributed by atoms with Gasteiger partial charge >= 0.3 is 0 Å². The normalized spacial score (nSPS) is 28.1. The molecule has 1 amide bonds. The number of nitrogens with one attached hydrogen (secondary N) is 1. The van der Waals surface area contributed by atoms with Crippen molar-refractivity contribution in [3.05, 3.63) is 58.5 Å². The van der Waals surface area contributed by atoms with Crippen LogP contribution in [0.2, 0.25) is 0 Å². The lowest BCUT2D eigenvalue weighted by Gasteiger charge is -2.37. The first-order chi connectivity index (χ1) is 14.6. The number of amides is 1. The molecule has 1 saturated heterocycles. The molecule has 0 unspecified atom stereocenters. The van der Waals surface area contributed by atoms with Crippen molar-refractivity contribution >= 4 is 5.91 Å². The minimum atomic E-state index is -0.337. The molecule has 2 aromatic rings. The number of benzene rings is 1. The number of pyridine rings is 1. The highest BCUT2D eigenvalue weighted by Crippen LogP contribution is 2.48. The van der Waals surface area contributed by atoms with Crippen LogP contribution in [0.5, 0.6) is 0 Å². The van der Waals surface area contributed by atoms with Gasteiger partial charge in [0, 0.05) is 42.4 Å². The number of aliphatic hydroxyl groups excluding tert-OH is 1. The average molecular weight is 408 g/mol. The number of carbonyl (C=O) groups is 1. The van der Waals surface area contributed by atoms with Gasteiger partial charge in [0.05, 0.1) is 12.0 Å². The highest BCUT2D eigenvalue weighted by atomic mass is 16.3. The second-order valence-corrected chi connectivity index (χ2v) is 8.80. The van der Waals surface area contributed by atoms with Gasteiger partial charge in [-0.25, -0.2) is 0 Å². The lowest BCUT2D eigenvalue weighted by molar-refractivity contribution is -0.128. The molecule has 2 N–H and O–H groups in total. The van der Waals surface area contributed by atoms with E-state index in [0.717, 1.165) is 37.1 Å². The van der Waals surface area contributed by atoms with Gasteiger partial charge in [0.2, 0.25) is 5.91 Å². The minimum absolute atomic E-state index is 0.0128. The molecule has 1 aromatic heterocycles. The van der Waals surface area contributed by atoms with Crippen molar-refractivity contribution in [2.75, 3.05) is 13.2 Å². The summed E-state index contributed by atoms with van der Waals surface area (Å²) in [5.74, 6) is -0.483. The Kier molecular flexibility index (Phi) is 4.99. The van der Waals surface area contributed by atoms with Gasteiger partial charge in [0.25, 0.3) is 5.56 Å². The predicted octanol–water partition coefficient (Wildman–Crippen LogP) is 2.17. The van der Waals surface area contributed by atoms with Crippen LogP contribution in [0.1, 0.15) is 37.9 Å². The van der Waals surface area contributed by atoms with Crippen LogP contribution in [-0.4, -0.2) is 45.7 Å². The van der Waals surface area contributed by atoms with Crippen molar-refractivity contribution in [2.45, 2.75) is 50.9 Å². The first kappa shape index (κ1) is 19.5. The van der Waals surface area contributed by atoms with E-state index < -0.39 is 0 Å². The summed E-state index contributed by atoms with van der Waals surface area (Å²) in [6, 6.07) is 13.7. The monoisotopic (exact) mass is 407 g/mol. The van der Waals surface area contributed by atoms with Crippen molar-refractivity contribution < 1.29 is 9.90 Å². The molecule has 4 atom stereocenters. The third kappa shape index (κ3) is 2.93. The van der Waals surface area contributed by atoms with E-state index in [-0.39, 0.29) is 48.0 Å². The molecule has 6 nitrogen and oxygen atoms in total. The molecule has 158 valence electrons. The van der Waals surface area contributed by atoms with Crippen LogP contribution in [0, 0.1) is 11.8 Å². The summed E-state index contributed by atoms with van der Waals surface area (Å²) in [5, 5.41) is 13.4. The van der Waals surface area contributed by atoms with Gasteiger partial charge in [-0.3, -0.25) is 14.5 Å². The van der Waals surface area contributed by atoms with E-state index in [1.54, 1.807) is 0 Å². The Balaban J connectivity index is 1.57. The van der Waals surface area contributed by atoms with E-state index in [1.165, 1.54) is 0 Å². The molecule has 5 rings (SSSR count). The number of aliphatic hydroxyl groups is 1. The molecule has 3 heterocycles. The third-order valence-electron chi connectivity index (χ3n) is 7.37. The van der Waals surface area contributed by atoms with E-state index in [9.17, 15) is 14.7 Å². The van der Waals surface area contributed by atoms with E-state index in [4.69, 9.17) is 0 Å². The second kappa shape index (κ2) is 7.67. The number of rotatable bonds is 5. The molecular formula is C24H29N3O3. The SMILES string of the molecule is CCN1[C@@H]2Cn3c(ccc(-c4ccccc4)c3=O)[C@H]1[C@@H](C(=O)NC1CCC1)[C@@H]2CO. The van der Waals surface area contributed by atoms with Crippen molar-refractivity contribution in [3.8, 4) is 11.1 Å². The number of hydrogen-bond acceptors (Lipinski definition) is 4. The van der Waals surface area contributed by atoms with Gasteiger partial charge in [-0.2, -0.15) is 0 Å². The Hall–Kier alpha value is -2.44. The van der Waals surface area contributed by atoms with Crippen LogP contribution in [0.15, 0.2) is 47.3 Å². The maximum Gasteiger partial charge on any atom is 0.258 e. The Morgan fingerprint density at radius 3 is 2.57 bits per heavy atom. The Morgan fingerprint density at radius 2 is 1.93 bits per heavy atom. The summed E-state index contributed by atoms with van der Waals surface area (Å²) in [5.41, 5.74) is 2.46. The highest BCUT2D eigenvalue weighted by Gasteiger charge is 2.55. The quantitative estimate of drug-likeness (QED) is 0.797. The number of carbonyl (C=O) groups excluding carboxylic acids is 1. The van der Waals surface area contributed by atoms with Crippen molar-refractivity contribution in [3.63, 3.8) is 0 Å². The highest BCUT2D eigenvalue weighted by molar-refractivity contribution is 5.81. The minimum Gasteiger partial charge on any atom is -0.396 e. The Bertz CT molecular complexity index is 999. The maximum atomic E-state index is 13.4. The fourth-order valence-electron chi connectivity index (χ4n) is 5.64. The molecule has 30 heavy (non-hydrogen) atoms. The van der Waals surface area contributed by atoms with E-state index in [2.05, 4.69) is 17.1 Å². The van der Waals surface area contributed by atoms with Crippen LogP contribution in [0.3, 0.4) is 0 Å². The molecular weight excluding hydrogens is 378 g/mol. The van der Waals surface area contributed by atoms with Gasteiger partial charge < -0.3 is 15.0 Å². The zero-order valence-corrected chi connectivity index (χ0v) is 17.3. The van der Waals surface area contributed by atoms with Gasteiger partial charge in [-0.1, -0.05) is 37.3 Å². The first-order valence-corrected chi connectivity index (χ1v) is 11.1. The van der Waals surface area contributed by atoms with Crippen LogP contribution in [-0.2, 0) is 11.3 Å². The number of likely N-dealkylation sites (N-methyl/N-ethyl adjacent to an activating group) is 1. The van der Waals surface area contributed by atoms with E-state index in [0.29, 0.717) is 12.1 Å². The molecule has 1 aliphatic carbocycles. The molecule has 0 radical (unpaired) electrons. The largest absolute Gasteiger partial charge is 0.396 e. The van der Waals surface area contributed by atoms with Gasteiger partial charge in [-0.05, 0) is 43.5 Å². The fraction of sp³-hybridized carbons (Fsp3) is 0.500.